The molecule has 0 fully saturated rings. The lowest BCUT2D eigenvalue weighted by Gasteiger charge is -2.16. The lowest BCUT2D eigenvalue weighted by molar-refractivity contribution is -0.275. The van der Waals surface area contributed by atoms with E-state index in [1.807, 2.05) is 12.1 Å². The summed E-state index contributed by atoms with van der Waals surface area (Å²) in [5, 5.41) is 20.1. The standard InChI is InChI=1S/C38H18F6N4O2/c1-19-9-23(13-25(11-19)49-37(39,40)41)21-5-7-27-29(15-21)35-34(32(18-46)48-4)28-8-6-22(16-30(28)36(35)33(27)31(17-45)47-3)24-10-20(2)12-26(14-24)50-38(42,43)44/h5-16H,1-2H3/b33-31-,34-32+. The van der Waals surface area contributed by atoms with Gasteiger partial charge in [-0.2, -0.15) is 0 Å². The number of nitrogens with zero attached hydrogens (tertiary/aromatic N) is 4. The van der Waals surface area contributed by atoms with Crippen molar-refractivity contribution < 1.29 is 35.8 Å². The van der Waals surface area contributed by atoms with Crippen LogP contribution in [0.2, 0.25) is 0 Å². The first-order valence-corrected chi connectivity index (χ1v) is 14.5. The molecule has 0 atom stereocenters. The fourth-order valence-corrected chi connectivity index (χ4v) is 6.34. The maximum Gasteiger partial charge on any atom is 0.573 e. The summed E-state index contributed by atoms with van der Waals surface area (Å²) in [6.07, 6.45) is -9.86. The molecule has 4 aromatic rings. The van der Waals surface area contributed by atoms with Crippen molar-refractivity contribution in [2.45, 2.75) is 26.6 Å². The third-order valence-electron chi connectivity index (χ3n) is 8.01. The molecule has 12 heteroatoms. The summed E-state index contributed by atoms with van der Waals surface area (Å²) < 4.78 is 86.8. The number of halogens is 6. The van der Waals surface area contributed by atoms with Gasteiger partial charge in [-0.25, -0.2) is 20.2 Å². The van der Waals surface area contributed by atoms with E-state index < -0.39 is 24.2 Å². The van der Waals surface area contributed by atoms with Crippen LogP contribution in [0.25, 0.3) is 54.2 Å². The van der Waals surface area contributed by atoms with Crippen molar-refractivity contribution in [3.8, 4) is 45.9 Å². The van der Waals surface area contributed by atoms with Crippen LogP contribution in [-0.2, 0) is 0 Å². The smallest absolute Gasteiger partial charge is 0.406 e. The highest BCUT2D eigenvalue weighted by Crippen LogP contribution is 2.60. The van der Waals surface area contributed by atoms with Gasteiger partial charge in [-0.3, -0.25) is 0 Å². The normalized spacial score (nSPS) is 15.1. The second-order valence-corrected chi connectivity index (χ2v) is 11.3. The Bertz CT molecular complexity index is 2220. The highest BCUT2D eigenvalue weighted by Gasteiger charge is 2.40. The van der Waals surface area contributed by atoms with Crippen LogP contribution in [-0.4, -0.2) is 12.7 Å². The van der Waals surface area contributed by atoms with Gasteiger partial charge in [0, 0.05) is 11.1 Å². The number of hydrogen-bond acceptors (Lipinski definition) is 4. The predicted molar refractivity (Wildman–Crippen MR) is 172 cm³/mol. The van der Waals surface area contributed by atoms with Gasteiger partial charge in [0.1, 0.15) is 11.5 Å². The first-order chi connectivity index (χ1) is 23.6. The van der Waals surface area contributed by atoms with Crippen LogP contribution in [0.1, 0.15) is 33.4 Å². The van der Waals surface area contributed by atoms with Crippen molar-refractivity contribution in [3.63, 3.8) is 0 Å². The van der Waals surface area contributed by atoms with Crippen LogP contribution in [0.15, 0.2) is 84.2 Å². The summed E-state index contributed by atoms with van der Waals surface area (Å²) in [5.41, 5.74) is 4.80. The van der Waals surface area contributed by atoms with E-state index >= 15 is 0 Å². The molecule has 0 heterocycles. The van der Waals surface area contributed by atoms with Crippen molar-refractivity contribution >= 4 is 22.3 Å². The summed E-state index contributed by atoms with van der Waals surface area (Å²) >= 11 is 0. The van der Waals surface area contributed by atoms with E-state index in [1.54, 1.807) is 62.4 Å². The van der Waals surface area contributed by atoms with E-state index in [-0.39, 0.29) is 22.5 Å². The van der Waals surface area contributed by atoms with Crippen LogP contribution >= 0.6 is 0 Å². The molecule has 0 spiro atoms. The third-order valence-corrected chi connectivity index (χ3v) is 8.01. The molecule has 50 heavy (non-hydrogen) atoms. The molecule has 0 N–H and O–H groups in total. The Balaban J connectivity index is 1.62. The van der Waals surface area contributed by atoms with E-state index in [0.717, 1.165) is 0 Å². The molecule has 0 radical (unpaired) electrons. The summed E-state index contributed by atoms with van der Waals surface area (Å²) in [5.74, 6) is -0.872. The predicted octanol–water partition coefficient (Wildman–Crippen LogP) is 10.7. The third kappa shape index (κ3) is 6.03. The minimum absolute atomic E-state index is 0.213. The molecule has 4 aromatic carbocycles. The van der Waals surface area contributed by atoms with Gasteiger partial charge in [-0.15, -0.1) is 26.3 Å². The molecular weight excluding hydrogens is 658 g/mol. The quantitative estimate of drug-likeness (QED) is 0.123. The molecule has 0 amide bonds. The average Bonchev–Trinajstić information content (AvgIpc) is 3.53. The minimum atomic E-state index is -4.93. The number of rotatable bonds is 4. The zero-order valence-electron chi connectivity index (χ0n) is 25.8. The summed E-state index contributed by atoms with van der Waals surface area (Å²) in [6, 6.07) is 21.8. The van der Waals surface area contributed by atoms with Crippen LogP contribution in [0.5, 0.6) is 11.5 Å². The maximum atomic E-state index is 13.1. The number of ether oxygens (including phenoxy) is 2. The summed E-state index contributed by atoms with van der Waals surface area (Å²) in [6.45, 7) is 18.8. The van der Waals surface area contributed by atoms with Gasteiger partial charge in [-0.05, 0) is 117 Å². The van der Waals surface area contributed by atoms with E-state index in [0.29, 0.717) is 66.8 Å². The van der Waals surface area contributed by atoms with E-state index in [1.165, 1.54) is 24.3 Å². The molecule has 2 aliphatic rings. The zero-order chi connectivity index (χ0) is 36.1. The molecule has 0 unspecified atom stereocenters. The first-order valence-electron chi connectivity index (χ1n) is 14.5. The number of allylic oxidation sites excluding steroid dienone is 6. The Kier molecular flexibility index (Phi) is 7.98. The fourth-order valence-electron chi connectivity index (χ4n) is 6.34. The summed E-state index contributed by atoms with van der Waals surface area (Å²) in [7, 11) is 0. The van der Waals surface area contributed by atoms with Gasteiger partial charge >= 0.3 is 12.7 Å². The molecule has 0 saturated heterocycles. The van der Waals surface area contributed by atoms with Gasteiger partial charge in [0.25, 0.3) is 11.4 Å². The zero-order valence-corrected chi connectivity index (χ0v) is 25.8. The van der Waals surface area contributed by atoms with Crippen molar-refractivity contribution in [3.05, 3.63) is 140 Å². The Labute approximate surface area is 281 Å². The Morgan fingerprint density at radius 1 is 0.560 bits per heavy atom. The molecule has 2 aliphatic carbocycles. The van der Waals surface area contributed by atoms with E-state index in [9.17, 15) is 36.9 Å². The van der Waals surface area contributed by atoms with Crippen molar-refractivity contribution in [1.82, 2.24) is 0 Å². The number of hydrogen-bond donors (Lipinski definition) is 0. The second kappa shape index (κ2) is 12.0. The van der Waals surface area contributed by atoms with Crippen LogP contribution in [0, 0.1) is 49.7 Å². The highest BCUT2D eigenvalue weighted by molar-refractivity contribution is 6.37. The van der Waals surface area contributed by atoms with Crippen LogP contribution in [0.3, 0.4) is 0 Å². The monoisotopic (exact) mass is 676 g/mol. The molecule has 0 aromatic heterocycles. The Hall–Kier alpha value is -6.76. The first kappa shape index (κ1) is 33.2. The van der Waals surface area contributed by atoms with Crippen molar-refractivity contribution in [1.29, 1.82) is 10.5 Å². The van der Waals surface area contributed by atoms with E-state index in [4.69, 9.17) is 13.1 Å². The number of aryl methyl sites for hydroxylation is 2. The van der Waals surface area contributed by atoms with Crippen molar-refractivity contribution in [2.75, 3.05) is 0 Å². The van der Waals surface area contributed by atoms with Gasteiger partial charge in [0.15, 0.2) is 0 Å². The SMILES string of the molecule is [C-]#[N+]/C(C#N)=C1C2=C(/C(=C(\C#N)[N+]#[C-])c3ccc(-c4cc(C)cc(OC(F)(F)F)c4)cc32)c2cc(-c3cc(C)cc(OC(F)(F)F)c3)ccc2\1. The lowest BCUT2D eigenvalue weighted by Crippen LogP contribution is -2.17. The van der Waals surface area contributed by atoms with Gasteiger partial charge in [0.2, 0.25) is 0 Å². The van der Waals surface area contributed by atoms with Crippen molar-refractivity contribution in [2.24, 2.45) is 0 Å². The molecule has 0 aliphatic heterocycles. The molecule has 6 rings (SSSR count). The number of fused-ring (bicyclic) bond motifs is 4. The van der Waals surface area contributed by atoms with Crippen LogP contribution in [0.4, 0.5) is 26.3 Å². The second-order valence-electron chi connectivity index (χ2n) is 11.3. The molecular formula is C38H18F6N4O2. The number of nitriles is 2. The number of alkyl halides is 6. The highest BCUT2D eigenvalue weighted by atomic mass is 19.4. The largest absolute Gasteiger partial charge is 0.573 e. The molecule has 244 valence electrons. The minimum Gasteiger partial charge on any atom is -0.406 e. The van der Waals surface area contributed by atoms with Gasteiger partial charge in [0.05, 0.1) is 25.3 Å². The van der Waals surface area contributed by atoms with Gasteiger partial charge < -0.3 is 9.47 Å². The van der Waals surface area contributed by atoms with E-state index in [2.05, 4.69) is 19.2 Å². The maximum absolute atomic E-state index is 13.1. The topological polar surface area (TPSA) is 74.8 Å². The van der Waals surface area contributed by atoms with Gasteiger partial charge in [-0.1, -0.05) is 36.4 Å². The lowest BCUT2D eigenvalue weighted by atomic mass is 9.88. The number of benzene rings is 4. The van der Waals surface area contributed by atoms with Crippen LogP contribution < -0.4 is 9.47 Å². The summed E-state index contributed by atoms with van der Waals surface area (Å²) in [4.78, 5) is 6.91. The Morgan fingerprint density at radius 2 is 0.940 bits per heavy atom. The average molecular weight is 677 g/mol. The molecule has 0 saturated carbocycles. The molecule has 6 nitrogen and oxygen atoms in total. The molecule has 0 bridgehead atoms. The Morgan fingerprint density at radius 3 is 1.26 bits per heavy atom. The fraction of sp³-hybridized carbons (Fsp3) is 0.105.